The highest BCUT2D eigenvalue weighted by Crippen LogP contribution is 2.40. The number of rotatable bonds is 9. The molecule has 0 aliphatic heterocycles. The van der Waals surface area contributed by atoms with Gasteiger partial charge in [0.05, 0.1) is 7.11 Å². The Kier molecular flexibility index (Phi) is 8.14. The van der Waals surface area contributed by atoms with Crippen molar-refractivity contribution in [3.63, 3.8) is 0 Å². The van der Waals surface area contributed by atoms with Crippen LogP contribution in [0.15, 0.2) is 89.1 Å². The van der Waals surface area contributed by atoms with Crippen molar-refractivity contribution in [3.05, 3.63) is 101 Å². The fourth-order valence-corrected chi connectivity index (χ4v) is 6.20. The molecule has 1 aliphatic carbocycles. The van der Waals surface area contributed by atoms with Crippen molar-refractivity contribution in [2.45, 2.75) is 29.9 Å². The number of nitrogens with one attached hydrogen (secondary N) is 2. The number of ether oxygens (including phenoxy) is 1. The summed E-state index contributed by atoms with van der Waals surface area (Å²) in [6.45, 7) is 2.00. The molecule has 0 spiro atoms. The van der Waals surface area contributed by atoms with Gasteiger partial charge in [-0.2, -0.15) is 0 Å². The van der Waals surface area contributed by atoms with E-state index >= 15 is 0 Å². The van der Waals surface area contributed by atoms with E-state index in [1.807, 2.05) is 91.2 Å². The van der Waals surface area contributed by atoms with Crippen molar-refractivity contribution in [1.29, 1.82) is 0 Å². The Morgan fingerprint density at radius 3 is 2.38 bits per heavy atom. The Labute approximate surface area is 235 Å². The summed E-state index contributed by atoms with van der Waals surface area (Å²) in [5.74, 6) is -0.637. The zero-order valence-electron chi connectivity index (χ0n) is 21.6. The summed E-state index contributed by atoms with van der Waals surface area (Å²) in [5, 5.41) is 7.68. The van der Waals surface area contributed by atoms with Crippen LogP contribution in [-0.4, -0.2) is 24.9 Å². The van der Waals surface area contributed by atoms with Crippen molar-refractivity contribution >= 4 is 51.6 Å². The van der Waals surface area contributed by atoms with Crippen molar-refractivity contribution < 1.29 is 19.1 Å². The molecule has 1 heterocycles. The molecule has 1 atom stereocenters. The quantitative estimate of drug-likeness (QED) is 0.167. The van der Waals surface area contributed by atoms with Gasteiger partial charge in [-0.05, 0) is 49.1 Å². The van der Waals surface area contributed by atoms with Gasteiger partial charge in [0.15, 0.2) is 0 Å². The third-order valence-corrected chi connectivity index (χ3v) is 8.57. The molecule has 1 aliphatic rings. The molecule has 1 saturated carbocycles. The molecule has 3 aromatic carbocycles. The van der Waals surface area contributed by atoms with Crippen molar-refractivity contribution in [2.24, 2.45) is 5.92 Å². The van der Waals surface area contributed by atoms with E-state index in [2.05, 4.69) is 10.6 Å². The second-order valence-electron chi connectivity index (χ2n) is 9.40. The molecule has 198 valence electrons. The molecular weight excluding hydrogens is 528 g/mol. The topological polar surface area (TPSA) is 84.5 Å². The molecule has 2 amide bonds. The van der Waals surface area contributed by atoms with E-state index in [4.69, 9.17) is 4.74 Å². The molecule has 1 unspecified atom stereocenters. The van der Waals surface area contributed by atoms with Crippen LogP contribution in [0.3, 0.4) is 0 Å². The third-order valence-electron chi connectivity index (χ3n) is 6.42. The fraction of sp³-hybridized carbons (Fsp3) is 0.194. The highest BCUT2D eigenvalue weighted by molar-refractivity contribution is 8.00. The minimum atomic E-state index is -0.601. The number of thioether (sulfide) groups is 1. The molecule has 5 rings (SSSR count). The smallest absolute Gasteiger partial charge is 0.341 e. The van der Waals surface area contributed by atoms with Gasteiger partial charge in [-0.3, -0.25) is 9.59 Å². The van der Waals surface area contributed by atoms with Gasteiger partial charge >= 0.3 is 5.97 Å². The lowest BCUT2D eigenvalue weighted by atomic mass is 10.0. The number of anilines is 2. The summed E-state index contributed by atoms with van der Waals surface area (Å²) in [5.41, 5.74) is 4.56. The Hall–Kier alpha value is -3.88. The normalized spacial score (nSPS) is 13.4. The first kappa shape index (κ1) is 26.7. The number of benzene rings is 3. The minimum absolute atomic E-state index is 0.0342. The predicted octanol–water partition coefficient (Wildman–Crippen LogP) is 7.33. The lowest BCUT2D eigenvalue weighted by Gasteiger charge is -2.18. The highest BCUT2D eigenvalue weighted by atomic mass is 32.2. The summed E-state index contributed by atoms with van der Waals surface area (Å²) in [7, 11) is 1.34. The van der Waals surface area contributed by atoms with Crippen molar-refractivity contribution in [2.75, 3.05) is 17.7 Å². The van der Waals surface area contributed by atoms with Crippen molar-refractivity contribution in [1.82, 2.24) is 0 Å². The van der Waals surface area contributed by atoms with E-state index < -0.39 is 11.2 Å². The van der Waals surface area contributed by atoms with Gasteiger partial charge in [-0.25, -0.2) is 4.79 Å². The lowest BCUT2D eigenvalue weighted by molar-refractivity contribution is -0.117. The monoisotopic (exact) mass is 556 g/mol. The second kappa shape index (κ2) is 11.9. The lowest BCUT2D eigenvalue weighted by Crippen LogP contribution is -2.20. The number of methoxy groups -OCH3 is 1. The van der Waals surface area contributed by atoms with Gasteiger partial charge in [-0.15, -0.1) is 23.1 Å². The summed E-state index contributed by atoms with van der Waals surface area (Å²) in [6, 6.07) is 24.9. The first-order valence-corrected chi connectivity index (χ1v) is 14.4. The number of aryl methyl sites for hydroxylation is 1. The maximum absolute atomic E-state index is 13.8. The highest BCUT2D eigenvalue weighted by Gasteiger charge is 2.30. The SMILES string of the molecule is COC(=O)c1c(-c2ccc(C)cc2)csc1NC(=O)C(Sc1cccc(NC(=O)C2CC2)c1)c1ccccc1. The molecule has 1 aromatic heterocycles. The molecule has 2 N–H and O–H groups in total. The zero-order valence-corrected chi connectivity index (χ0v) is 23.2. The minimum Gasteiger partial charge on any atom is -0.465 e. The Morgan fingerprint density at radius 2 is 1.69 bits per heavy atom. The number of esters is 1. The number of thiophene rings is 1. The van der Waals surface area contributed by atoms with E-state index in [0.717, 1.165) is 34.4 Å². The Morgan fingerprint density at radius 1 is 0.949 bits per heavy atom. The second-order valence-corrected chi connectivity index (χ2v) is 11.5. The molecule has 1 fully saturated rings. The number of amides is 2. The Balaban J connectivity index is 1.43. The molecule has 0 radical (unpaired) electrons. The summed E-state index contributed by atoms with van der Waals surface area (Å²) in [4.78, 5) is 39.7. The van der Waals surface area contributed by atoms with Crippen LogP contribution in [0.1, 0.15) is 39.6 Å². The average molecular weight is 557 g/mol. The molecule has 6 nitrogen and oxygen atoms in total. The average Bonchev–Trinajstić information content (AvgIpc) is 3.73. The maximum atomic E-state index is 13.8. The van der Waals surface area contributed by atoms with Crippen LogP contribution in [0.4, 0.5) is 10.7 Å². The number of carbonyl (C=O) groups is 3. The number of hydrogen-bond donors (Lipinski definition) is 2. The summed E-state index contributed by atoms with van der Waals surface area (Å²) >= 11 is 2.68. The van der Waals surface area contributed by atoms with E-state index in [1.54, 1.807) is 0 Å². The van der Waals surface area contributed by atoms with E-state index in [0.29, 0.717) is 21.8 Å². The molecule has 0 saturated heterocycles. The van der Waals surface area contributed by atoms with Gasteiger partial charge in [0.2, 0.25) is 11.8 Å². The van der Waals surface area contributed by atoms with Crippen LogP contribution in [0.5, 0.6) is 0 Å². The van der Waals surface area contributed by atoms with E-state index in [1.165, 1.54) is 30.2 Å². The van der Waals surface area contributed by atoms with Gasteiger partial charge in [0, 0.05) is 27.4 Å². The van der Waals surface area contributed by atoms with E-state index in [-0.39, 0.29) is 17.7 Å². The van der Waals surface area contributed by atoms with Crippen LogP contribution in [0, 0.1) is 12.8 Å². The fourth-order valence-electron chi connectivity index (χ4n) is 4.15. The van der Waals surface area contributed by atoms with Crippen molar-refractivity contribution in [3.8, 4) is 11.1 Å². The van der Waals surface area contributed by atoms with E-state index in [9.17, 15) is 14.4 Å². The number of hydrogen-bond acceptors (Lipinski definition) is 6. The summed E-state index contributed by atoms with van der Waals surface area (Å²) < 4.78 is 5.09. The standard InChI is InChI=1S/C31H28N2O4S2/c1-19-11-13-20(14-12-19)25-18-38-30(26(25)31(36)37-2)33-29(35)27(21-7-4-3-5-8-21)39-24-10-6-9-23(17-24)32-28(34)22-15-16-22/h3-14,17-18,22,27H,15-16H2,1-2H3,(H,32,34)(H,33,35). The van der Waals surface area contributed by atoms with Gasteiger partial charge in [0.25, 0.3) is 0 Å². The van der Waals surface area contributed by atoms with Gasteiger partial charge < -0.3 is 15.4 Å². The first-order chi connectivity index (χ1) is 18.9. The third kappa shape index (κ3) is 6.41. The van der Waals surface area contributed by atoms with Crippen LogP contribution in [0.2, 0.25) is 0 Å². The molecule has 4 aromatic rings. The van der Waals surface area contributed by atoms with Crippen LogP contribution in [-0.2, 0) is 14.3 Å². The molecular formula is C31H28N2O4S2. The van der Waals surface area contributed by atoms with Gasteiger partial charge in [-0.1, -0.05) is 66.2 Å². The number of carbonyl (C=O) groups excluding carboxylic acids is 3. The van der Waals surface area contributed by atoms with Crippen LogP contribution in [0.25, 0.3) is 11.1 Å². The molecule has 8 heteroatoms. The summed E-state index contributed by atoms with van der Waals surface area (Å²) in [6.07, 6.45) is 1.86. The predicted molar refractivity (Wildman–Crippen MR) is 157 cm³/mol. The maximum Gasteiger partial charge on any atom is 0.341 e. The molecule has 39 heavy (non-hydrogen) atoms. The van der Waals surface area contributed by atoms with Crippen LogP contribution < -0.4 is 10.6 Å². The van der Waals surface area contributed by atoms with Gasteiger partial charge in [0.1, 0.15) is 15.8 Å². The van der Waals surface area contributed by atoms with Crippen LogP contribution >= 0.6 is 23.1 Å². The molecule has 0 bridgehead atoms. The largest absolute Gasteiger partial charge is 0.465 e. The zero-order chi connectivity index (χ0) is 27.4. The Bertz CT molecular complexity index is 1490. The first-order valence-electron chi connectivity index (χ1n) is 12.6.